The van der Waals surface area contributed by atoms with Gasteiger partial charge in [-0.3, -0.25) is 14.3 Å². The van der Waals surface area contributed by atoms with E-state index in [2.05, 4.69) is 10.2 Å². The third kappa shape index (κ3) is 3.83. The maximum absolute atomic E-state index is 13.6. The first-order chi connectivity index (χ1) is 14.2. The number of benzene rings is 2. The van der Waals surface area contributed by atoms with Crippen LogP contribution in [0.25, 0.3) is 16.6 Å². The first-order valence-corrected chi connectivity index (χ1v) is 9.97. The van der Waals surface area contributed by atoms with Gasteiger partial charge in [0.1, 0.15) is 22.8 Å². The van der Waals surface area contributed by atoms with Crippen LogP contribution in [0.1, 0.15) is 12.7 Å². The summed E-state index contributed by atoms with van der Waals surface area (Å²) in [6.45, 7) is 6.71. The monoisotopic (exact) mass is 394 g/mol. The van der Waals surface area contributed by atoms with Crippen molar-refractivity contribution in [3.05, 3.63) is 58.6 Å². The summed E-state index contributed by atoms with van der Waals surface area (Å²) in [6, 6.07) is 13.1. The van der Waals surface area contributed by atoms with Crippen molar-refractivity contribution in [2.45, 2.75) is 13.5 Å². The molecule has 0 spiro atoms. The molecular weight excluding hydrogens is 368 g/mol. The lowest BCUT2D eigenvalue weighted by Crippen LogP contribution is -2.44. The Morgan fingerprint density at radius 2 is 1.83 bits per heavy atom. The first-order valence-electron chi connectivity index (χ1n) is 9.97. The van der Waals surface area contributed by atoms with Crippen LogP contribution in [0.3, 0.4) is 0 Å². The van der Waals surface area contributed by atoms with E-state index in [-0.39, 0.29) is 5.56 Å². The van der Waals surface area contributed by atoms with Gasteiger partial charge in [-0.25, -0.2) is 4.98 Å². The highest BCUT2D eigenvalue weighted by atomic mass is 16.5. The minimum atomic E-state index is -0.119. The van der Waals surface area contributed by atoms with E-state index < -0.39 is 0 Å². The molecule has 1 aromatic heterocycles. The van der Waals surface area contributed by atoms with Gasteiger partial charge in [-0.2, -0.15) is 0 Å². The lowest BCUT2D eigenvalue weighted by atomic mass is 10.2. The molecule has 152 valence electrons. The summed E-state index contributed by atoms with van der Waals surface area (Å²) in [4.78, 5) is 20.8. The second kappa shape index (κ2) is 8.63. The Morgan fingerprint density at radius 1 is 1.07 bits per heavy atom. The van der Waals surface area contributed by atoms with Crippen LogP contribution in [-0.4, -0.2) is 54.3 Å². The molecule has 29 heavy (non-hydrogen) atoms. The number of hydrogen-bond donors (Lipinski definition) is 1. The van der Waals surface area contributed by atoms with Crippen molar-refractivity contribution in [3.8, 4) is 17.2 Å². The molecule has 4 rings (SSSR count). The highest BCUT2D eigenvalue weighted by molar-refractivity contribution is 5.84. The Bertz CT molecular complexity index is 1060. The van der Waals surface area contributed by atoms with Gasteiger partial charge < -0.3 is 14.8 Å². The van der Waals surface area contributed by atoms with Gasteiger partial charge >= 0.3 is 0 Å². The highest BCUT2D eigenvalue weighted by Crippen LogP contribution is 2.26. The molecule has 2 aromatic carbocycles. The molecular formula is C22H26N4O3. The molecule has 1 N–H and O–H groups in total. The van der Waals surface area contributed by atoms with Gasteiger partial charge in [-0.15, -0.1) is 0 Å². The van der Waals surface area contributed by atoms with Gasteiger partial charge in [0.25, 0.3) is 5.56 Å². The van der Waals surface area contributed by atoms with Crippen LogP contribution in [0.2, 0.25) is 0 Å². The minimum Gasteiger partial charge on any atom is -0.494 e. The normalized spacial score (nSPS) is 14.8. The number of para-hydroxylation sites is 3. The lowest BCUT2D eigenvalue weighted by Gasteiger charge is -2.28. The highest BCUT2D eigenvalue weighted by Gasteiger charge is 2.20. The molecule has 2 heterocycles. The van der Waals surface area contributed by atoms with Gasteiger partial charge in [-0.05, 0) is 31.2 Å². The maximum atomic E-state index is 13.6. The third-order valence-electron chi connectivity index (χ3n) is 5.13. The quantitative estimate of drug-likeness (QED) is 0.691. The zero-order valence-corrected chi connectivity index (χ0v) is 16.9. The second-order valence-electron chi connectivity index (χ2n) is 6.95. The molecule has 0 unspecified atom stereocenters. The van der Waals surface area contributed by atoms with Gasteiger partial charge in [-0.1, -0.05) is 18.2 Å². The number of piperazine rings is 1. The van der Waals surface area contributed by atoms with Gasteiger partial charge in [0.2, 0.25) is 0 Å². The average Bonchev–Trinajstić information content (AvgIpc) is 2.75. The van der Waals surface area contributed by atoms with Crippen LogP contribution in [0.4, 0.5) is 0 Å². The minimum absolute atomic E-state index is 0.119. The Balaban J connectivity index is 1.95. The van der Waals surface area contributed by atoms with Crippen LogP contribution in [0.15, 0.2) is 47.3 Å². The number of rotatable bonds is 6. The summed E-state index contributed by atoms with van der Waals surface area (Å²) in [5, 5.41) is 3.89. The summed E-state index contributed by atoms with van der Waals surface area (Å²) < 4.78 is 13.0. The van der Waals surface area contributed by atoms with Crippen molar-refractivity contribution >= 4 is 10.9 Å². The van der Waals surface area contributed by atoms with E-state index in [1.54, 1.807) is 17.7 Å². The Morgan fingerprint density at radius 3 is 2.59 bits per heavy atom. The molecule has 7 nitrogen and oxygen atoms in total. The lowest BCUT2D eigenvalue weighted by molar-refractivity contribution is 0.226. The van der Waals surface area contributed by atoms with Crippen molar-refractivity contribution in [1.82, 2.24) is 19.8 Å². The van der Waals surface area contributed by atoms with Crippen LogP contribution < -0.4 is 20.3 Å². The molecule has 0 radical (unpaired) electrons. The zero-order chi connectivity index (χ0) is 20.2. The molecule has 1 aliphatic rings. The van der Waals surface area contributed by atoms with Crippen molar-refractivity contribution in [2.75, 3.05) is 39.9 Å². The predicted octanol–water partition coefficient (Wildman–Crippen LogP) is 2.20. The Kier molecular flexibility index (Phi) is 5.78. The van der Waals surface area contributed by atoms with E-state index in [9.17, 15) is 4.79 Å². The van der Waals surface area contributed by atoms with Crippen molar-refractivity contribution < 1.29 is 9.47 Å². The summed E-state index contributed by atoms with van der Waals surface area (Å²) in [5.74, 6) is 1.95. The summed E-state index contributed by atoms with van der Waals surface area (Å²) in [6.07, 6.45) is 0. The average molecular weight is 394 g/mol. The Labute approximate surface area is 169 Å². The molecule has 0 atom stereocenters. The van der Waals surface area contributed by atoms with E-state index in [0.29, 0.717) is 47.1 Å². The fraction of sp³-hybridized carbons (Fsp3) is 0.364. The van der Waals surface area contributed by atoms with E-state index in [0.717, 1.165) is 26.2 Å². The number of fused-ring (bicyclic) bond motifs is 1. The van der Waals surface area contributed by atoms with Gasteiger partial charge in [0, 0.05) is 26.2 Å². The van der Waals surface area contributed by atoms with Crippen LogP contribution >= 0.6 is 0 Å². The fourth-order valence-electron chi connectivity index (χ4n) is 3.73. The van der Waals surface area contributed by atoms with Crippen molar-refractivity contribution in [2.24, 2.45) is 0 Å². The molecule has 1 fully saturated rings. The van der Waals surface area contributed by atoms with Gasteiger partial charge in [0.05, 0.1) is 31.3 Å². The van der Waals surface area contributed by atoms with Crippen molar-refractivity contribution in [3.63, 3.8) is 0 Å². The van der Waals surface area contributed by atoms with E-state index >= 15 is 0 Å². The molecule has 0 saturated carbocycles. The standard InChI is InChI=1S/C22H26N4O3/c1-3-29-18-9-5-4-8-17(18)26-20(15-25-13-11-23-12-14-25)24-21-16(22(26)27)7-6-10-19(21)28-2/h4-10,23H,3,11-15H2,1-2H3. The smallest absolute Gasteiger partial charge is 0.266 e. The second-order valence-corrected chi connectivity index (χ2v) is 6.95. The summed E-state index contributed by atoms with van der Waals surface area (Å²) in [5.41, 5.74) is 1.18. The van der Waals surface area contributed by atoms with E-state index in [1.165, 1.54) is 0 Å². The predicted molar refractivity (Wildman–Crippen MR) is 113 cm³/mol. The molecule has 0 amide bonds. The molecule has 0 aliphatic carbocycles. The summed E-state index contributed by atoms with van der Waals surface area (Å²) in [7, 11) is 1.60. The Hall–Kier alpha value is -2.90. The maximum Gasteiger partial charge on any atom is 0.266 e. The number of methoxy groups -OCH3 is 1. The van der Waals surface area contributed by atoms with Crippen LogP contribution in [0.5, 0.6) is 11.5 Å². The van der Waals surface area contributed by atoms with E-state index in [1.807, 2.05) is 43.3 Å². The molecule has 1 saturated heterocycles. The fourth-order valence-corrected chi connectivity index (χ4v) is 3.73. The number of ether oxygens (including phenoxy) is 2. The molecule has 1 aliphatic heterocycles. The zero-order valence-electron chi connectivity index (χ0n) is 16.9. The molecule has 7 heteroatoms. The van der Waals surface area contributed by atoms with Gasteiger partial charge in [0.15, 0.2) is 0 Å². The van der Waals surface area contributed by atoms with Crippen molar-refractivity contribution in [1.29, 1.82) is 0 Å². The van der Waals surface area contributed by atoms with E-state index in [4.69, 9.17) is 14.5 Å². The molecule has 0 bridgehead atoms. The molecule has 3 aromatic rings. The number of nitrogens with one attached hydrogen (secondary N) is 1. The third-order valence-corrected chi connectivity index (χ3v) is 5.13. The topological polar surface area (TPSA) is 68.6 Å². The summed E-state index contributed by atoms with van der Waals surface area (Å²) >= 11 is 0. The SMILES string of the molecule is CCOc1ccccc1-n1c(CN2CCNCC2)nc2c(OC)cccc2c1=O. The largest absolute Gasteiger partial charge is 0.494 e. The number of nitrogens with zero attached hydrogens (tertiary/aromatic N) is 3. The van der Waals surface area contributed by atoms with Crippen LogP contribution in [-0.2, 0) is 6.54 Å². The first kappa shape index (κ1) is 19.4. The number of aromatic nitrogens is 2. The number of hydrogen-bond acceptors (Lipinski definition) is 6. The van der Waals surface area contributed by atoms with Crippen LogP contribution in [0, 0.1) is 0 Å².